The third kappa shape index (κ3) is 4.66. The molecule has 0 N–H and O–H groups in total. The first-order valence-electron chi connectivity index (χ1n) is 8.90. The molecular formula is C20H24ClNO4S2. The fourth-order valence-electron chi connectivity index (χ4n) is 3.24. The van der Waals surface area contributed by atoms with Crippen molar-refractivity contribution in [1.82, 2.24) is 0 Å². The van der Waals surface area contributed by atoms with Crippen LogP contribution in [-0.2, 0) is 25.1 Å². The second-order valence-corrected chi connectivity index (χ2v) is 10.3. The minimum atomic E-state index is -3.33. The third-order valence-electron chi connectivity index (χ3n) is 5.06. The largest absolute Gasteiger partial charge is 0.381 e. The van der Waals surface area contributed by atoms with Crippen molar-refractivity contribution in [3.05, 3.63) is 53.1 Å². The Bertz CT molecular complexity index is 943. The lowest BCUT2D eigenvalue weighted by molar-refractivity contribution is -0.0948. The Morgan fingerprint density at radius 3 is 2.50 bits per heavy atom. The van der Waals surface area contributed by atoms with Gasteiger partial charge in [0, 0.05) is 50.0 Å². The Kier molecular flexibility index (Phi) is 6.61. The van der Waals surface area contributed by atoms with Crippen LogP contribution in [-0.4, -0.2) is 42.0 Å². The third-order valence-corrected chi connectivity index (χ3v) is 7.75. The van der Waals surface area contributed by atoms with Gasteiger partial charge in [0.25, 0.3) is 0 Å². The van der Waals surface area contributed by atoms with E-state index in [0.717, 1.165) is 34.5 Å². The SMILES string of the molecule is COC1(c2cccc(Sc3ccc(N(C)S(C)(=O)=O)cc3Cl)c2)CCOCC1. The van der Waals surface area contributed by atoms with E-state index in [4.69, 9.17) is 21.1 Å². The number of methoxy groups -OCH3 is 1. The van der Waals surface area contributed by atoms with Gasteiger partial charge >= 0.3 is 0 Å². The molecule has 1 heterocycles. The van der Waals surface area contributed by atoms with Gasteiger partial charge in [-0.3, -0.25) is 4.31 Å². The molecule has 8 heteroatoms. The Balaban J connectivity index is 1.84. The molecule has 1 saturated heterocycles. The summed E-state index contributed by atoms with van der Waals surface area (Å²) in [5.41, 5.74) is 1.35. The van der Waals surface area contributed by atoms with Crippen LogP contribution in [0.4, 0.5) is 5.69 Å². The molecule has 1 fully saturated rings. The summed E-state index contributed by atoms with van der Waals surface area (Å²) >= 11 is 7.98. The lowest BCUT2D eigenvalue weighted by Crippen LogP contribution is -2.35. The number of anilines is 1. The standard InChI is InChI=1S/C20H24ClNO4S2/c1-22(28(3,23)24)16-7-8-19(18(21)14-16)27-17-6-4-5-15(13-17)20(25-2)9-11-26-12-10-20/h4-8,13-14H,9-12H2,1-3H3. The van der Waals surface area contributed by atoms with E-state index in [1.807, 2.05) is 18.2 Å². The summed E-state index contributed by atoms with van der Waals surface area (Å²) in [7, 11) is -0.0701. The van der Waals surface area contributed by atoms with E-state index in [1.54, 1.807) is 31.0 Å². The first-order chi connectivity index (χ1) is 13.2. The molecule has 0 spiro atoms. The van der Waals surface area contributed by atoms with Gasteiger partial charge in [0.1, 0.15) is 0 Å². The number of halogens is 1. The number of rotatable bonds is 6. The van der Waals surface area contributed by atoms with Gasteiger partial charge in [0.2, 0.25) is 10.0 Å². The lowest BCUT2D eigenvalue weighted by atomic mass is 9.86. The summed E-state index contributed by atoms with van der Waals surface area (Å²) in [6.07, 6.45) is 2.81. The van der Waals surface area contributed by atoms with Gasteiger partial charge in [-0.25, -0.2) is 8.42 Å². The molecular weight excluding hydrogens is 418 g/mol. The van der Waals surface area contributed by atoms with E-state index < -0.39 is 10.0 Å². The monoisotopic (exact) mass is 441 g/mol. The highest BCUT2D eigenvalue weighted by Crippen LogP contribution is 2.40. The maximum atomic E-state index is 11.7. The van der Waals surface area contributed by atoms with E-state index in [9.17, 15) is 8.42 Å². The highest BCUT2D eigenvalue weighted by Gasteiger charge is 2.34. The normalized spacial score (nSPS) is 16.7. The molecule has 3 rings (SSSR count). The second-order valence-electron chi connectivity index (χ2n) is 6.79. The number of nitrogens with zero attached hydrogens (tertiary/aromatic N) is 1. The van der Waals surface area contributed by atoms with Crippen LogP contribution in [0.5, 0.6) is 0 Å². The van der Waals surface area contributed by atoms with Crippen molar-refractivity contribution in [2.24, 2.45) is 0 Å². The van der Waals surface area contributed by atoms with Crippen LogP contribution in [0.2, 0.25) is 5.02 Å². The van der Waals surface area contributed by atoms with Gasteiger partial charge in [-0.2, -0.15) is 0 Å². The Hall–Kier alpha value is -1.25. The van der Waals surface area contributed by atoms with E-state index in [0.29, 0.717) is 23.9 Å². The molecule has 28 heavy (non-hydrogen) atoms. The number of hydrogen-bond donors (Lipinski definition) is 0. The molecule has 2 aromatic carbocycles. The molecule has 0 atom stereocenters. The van der Waals surface area contributed by atoms with Crippen LogP contribution < -0.4 is 4.31 Å². The van der Waals surface area contributed by atoms with Crippen LogP contribution >= 0.6 is 23.4 Å². The van der Waals surface area contributed by atoms with Gasteiger partial charge in [-0.05, 0) is 35.9 Å². The van der Waals surface area contributed by atoms with Crippen molar-refractivity contribution < 1.29 is 17.9 Å². The molecule has 2 aromatic rings. The van der Waals surface area contributed by atoms with Gasteiger partial charge < -0.3 is 9.47 Å². The highest BCUT2D eigenvalue weighted by atomic mass is 35.5. The van der Waals surface area contributed by atoms with Crippen molar-refractivity contribution in [2.75, 3.05) is 37.9 Å². The highest BCUT2D eigenvalue weighted by molar-refractivity contribution is 7.99. The first kappa shape index (κ1) is 21.5. The van der Waals surface area contributed by atoms with Crippen LogP contribution in [0.25, 0.3) is 0 Å². The second kappa shape index (κ2) is 8.63. The van der Waals surface area contributed by atoms with Gasteiger partial charge in [-0.1, -0.05) is 35.5 Å². The summed E-state index contributed by atoms with van der Waals surface area (Å²) in [6.45, 7) is 1.37. The van der Waals surface area contributed by atoms with E-state index >= 15 is 0 Å². The summed E-state index contributed by atoms with van der Waals surface area (Å²) < 4.78 is 36.0. The van der Waals surface area contributed by atoms with Crippen molar-refractivity contribution in [1.29, 1.82) is 0 Å². The van der Waals surface area contributed by atoms with Crippen molar-refractivity contribution >= 4 is 39.1 Å². The molecule has 152 valence electrons. The smallest absolute Gasteiger partial charge is 0.231 e. The molecule has 0 radical (unpaired) electrons. The number of ether oxygens (including phenoxy) is 2. The average Bonchev–Trinajstić information content (AvgIpc) is 2.69. The molecule has 0 unspecified atom stereocenters. The number of hydrogen-bond acceptors (Lipinski definition) is 5. The van der Waals surface area contributed by atoms with Crippen LogP contribution in [0.15, 0.2) is 52.3 Å². The molecule has 5 nitrogen and oxygen atoms in total. The molecule has 0 amide bonds. The van der Waals surface area contributed by atoms with Crippen LogP contribution in [0.1, 0.15) is 18.4 Å². The zero-order valence-corrected chi connectivity index (χ0v) is 18.5. The minimum absolute atomic E-state index is 0.319. The summed E-state index contributed by atoms with van der Waals surface area (Å²) in [5.74, 6) is 0. The molecule has 0 aromatic heterocycles. The summed E-state index contributed by atoms with van der Waals surface area (Å²) in [4.78, 5) is 1.91. The fourth-order valence-corrected chi connectivity index (χ4v) is 4.91. The number of sulfonamides is 1. The summed E-state index contributed by atoms with van der Waals surface area (Å²) in [5, 5.41) is 0.510. The first-order valence-corrected chi connectivity index (χ1v) is 11.9. The molecule has 0 bridgehead atoms. The molecule has 1 aliphatic rings. The topological polar surface area (TPSA) is 55.8 Å². The van der Waals surface area contributed by atoms with Crippen molar-refractivity contribution in [2.45, 2.75) is 28.2 Å². The van der Waals surface area contributed by atoms with E-state index in [2.05, 4.69) is 12.1 Å². The van der Waals surface area contributed by atoms with Crippen molar-refractivity contribution in [3.63, 3.8) is 0 Å². The number of benzene rings is 2. The predicted octanol–water partition coefficient (Wildman–Crippen LogP) is 4.54. The maximum Gasteiger partial charge on any atom is 0.231 e. The fraction of sp³-hybridized carbons (Fsp3) is 0.400. The van der Waals surface area contributed by atoms with Gasteiger partial charge in [-0.15, -0.1) is 0 Å². The van der Waals surface area contributed by atoms with E-state index in [-0.39, 0.29) is 5.60 Å². The molecule has 0 aliphatic carbocycles. The Labute approximate surface area is 176 Å². The zero-order valence-electron chi connectivity index (χ0n) is 16.1. The molecule has 1 aliphatic heterocycles. The quantitative estimate of drug-likeness (QED) is 0.658. The van der Waals surface area contributed by atoms with Crippen LogP contribution in [0, 0.1) is 0 Å². The van der Waals surface area contributed by atoms with Gasteiger partial charge in [0.05, 0.1) is 22.6 Å². The van der Waals surface area contributed by atoms with Gasteiger partial charge in [0.15, 0.2) is 0 Å². The predicted molar refractivity (Wildman–Crippen MR) is 114 cm³/mol. The maximum absolute atomic E-state index is 11.7. The van der Waals surface area contributed by atoms with E-state index in [1.165, 1.54) is 11.4 Å². The minimum Gasteiger partial charge on any atom is -0.381 e. The Morgan fingerprint density at radius 2 is 1.89 bits per heavy atom. The summed E-state index contributed by atoms with van der Waals surface area (Å²) in [6, 6.07) is 13.5. The zero-order chi connectivity index (χ0) is 20.4. The lowest BCUT2D eigenvalue weighted by Gasteiger charge is -2.36. The average molecular weight is 442 g/mol. The Morgan fingerprint density at radius 1 is 1.18 bits per heavy atom. The molecule has 0 saturated carbocycles. The van der Waals surface area contributed by atoms with Crippen molar-refractivity contribution in [3.8, 4) is 0 Å². The van der Waals surface area contributed by atoms with Crippen LogP contribution in [0.3, 0.4) is 0 Å².